The number of sulfonamides is 1. The Kier molecular flexibility index (Phi) is 9.53. The minimum Gasteiger partial charge on any atom is -0.473 e. The van der Waals surface area contributed by atoms with Gasteiger partial charge in [-0.25, -0.2) is 27.7 Å². The number of aromatic nitrogens is 1. The number of hydrogen-bond donors (Lipinski definition) is 4. The Balaban J connectivity index is 0.000000568. The molecule has 0 radical (unpaired) electrons. The number of benzene rings is 2. The van der Waals surface area contributed by atoms with Crippen LogP contribution in [0.15, 0.2) is 59.5 Å². The van der Waals surface area contributed by atoms with Crippen LogP contribution in [-0.4, -0.2) is 91.4 Å². The summed E-state index contributed by atoms with van der Waals surface area (Å²) in [7, 11) is -3.48. The zero-order valence-electron chi connectivity index (χ0n) is 20.4. The third kappa shape index (κ3) is 7.23. The summed E-state index contributed by atoms with van der Waals surface area (Å²) in [6, 6.07) is 17.1. The number of piperazine rings is 1. The largest absolute Gasteiger partial charge is 0.473 e. The molecule has 0 unspecified atom stereocenters. The molecule has 2 heterocycles. The second kappa shape index (κ2) is 12.6. The van der Waals surface area contributed by atoms with Gasteiger partial charge in [-0.2, -0.15) is 0 Å². The zero-order chi connectivity index (χ0) is 27.0. The van der Waals surface area contributed by atoms with Gasteiger partial charge in [0.05, 0.1) is 17.2 Å². The number of fused-ring (bicyclic) bond motifs is 1. The van der Waals surface area contributed by atoms with Gasteiger partial charge in [-0.3, -0.25) is 4.90 Å². The standard InChI is InChI=1S/C23H28N4O3S.C2H2O4/c1-2-24-31(29,30)20-9-7-18(8-10-20)22-17-19-5-3-4-6-21(19)23(25-22)27-13-11-26(12-14-27)15-16-28;3-1(4)2(5)6/h3-10,17,24,28H,2,11-16H2,1H3;(H,3,4)(H,5,6). The molecule has 0 bridgehead atoms. The summed E-state index contributed by atoms with van der Waals surface area (Å²) in [5.74, 6) is -2.70. The SMILES string of the molecule is CCNS(=O)(=O)c1ccc(-c2cc3ccccc3c(N3CCN(CCO)CC3)n2)cc1.O=C(O)C(=O)O. The van der Waals surface area contributed by atoms with Crippen molar-refractivity contribution in [2.75, 3.05) is 50.8 Å². The fourth-order valence-electron chi connectivity index (χ4n) is 3.97. The van der Waals surface area contributed by atoms with Gasteiger partial charge in [0.2, 0.25) is 10.0 Å². The molecule has 1 aliphatic heterocycles. The molecular weight excluding hydrogens is 500 g/mol. The third-order valence-electron chi connectivity index (χ3n) is 5.79. The van der Waals surface area contributed by atoms with Crippen molar-refractivity contribution in [3.05, 3.63) is 54.6 Å². The number of β-amino-alcohol motifs (C(OH)–C–C–N with tert-alkyl or cyclic N) is 1. The van der Waals surface area contributed by atoms with Crippen LogP contribution in [0.1, 0.15) is 6.92 Å². The fraction of sp³-hybridized carbons (Fsp3) is 0.320. The van der Waals surface area contributed by atoms with Crippen molar-refractivity contribution >= 4 is 38.6 Å². The number of anilines is 1. The van der Waals surface area contributed by atoms with Gasteiger partial charge in [0, 0.05) is 50.2 Å². The van der Waals surface area contributed by atoms with E-state index < -0.39 is 22.0 Å². The lowest BCUT2D eigenvalue weighted by Gasteiger charge is -2.35. The first kappa shape index (κ1) is 28.0. The smallest absolute Gasteiger partial charge is 0.414 e. The van der Waals surface area contributed by atoms with Crippen LogP contribution in [0.3, 0.4) is 0 Å². The van der Waals surface area contributed by atoms with E-state index in [1.54, 1.807) is 19.1 Å². The van der Waals surface area contributed by atoms with E-state index in [-0.39, 0.29) is 11.5 Å². The highest BCUT2D eigenvalue weighted by Crippen LogP contribution is 2.31. The fourth-order valence-corrected chi connectivity index (χ4v) is 5.01. The Morgan fingerprint density at radius 1 is 0.973 bits per heavy atom. The molecule has 1 aliphatic rings. The number of rotatable bonds is 7. The third-order valence-corrected chi connectivity index (χ3v) is 7.35. The summed E-state index contributed by atoms with van der Waals surface area (Å²) in [6.07, 6.45) is 0. The highest BCUT2D eigenvalue weighted by atomic mass is 32.2. The van der Waals surface area contributed by atoms with E-state index in [0.717, 1.165) is 54.0 Å². The highest BCUT2D eigenvalue weighted by molar-refractivity contribution is 7.89. The molecule has 0 spiro atoms. The van der Waals surface area contributed by atoms with Crippen molar-refractivity contribution in [3.8, 4) is 11.3 Å². The number of pyridine rings is 1. The molecule has 4 rings (SSSR count). The van der Waals surface area contributed by atoms with E-state index in [0.29, 0.717) is 13.1 Å². The number of nitrogens with zero attached hydrogens (tertiary/aromatic N) is 3. The van der Waals surface area contributed by atoms with Gasteiger partial charge < -0.3 is 20.2 Å². The van der Waals surface area contributed by atoms with Crippen LogP contribution in [0.25, 0.3) is 22.0 Å². The maximum absolute atomic E-state index is 12.2. The average molecular weight is 531 g/mol. The van der Waals surface area contributed by atoms with Crippen molar-refractivity contribution < 1.29 is 33.3 Å². The maximum atomic E-state index is 12.2. The molecule has 0 aliphatic carbocycles. The number of aliphatic hydroxyl groups is 1. The lowest BCUT2D eigenvalue weighted by Crippen LogP contribution is -2.47. The molecule has 11 nitrogen and oxygen atoms in total. The van der Waals surface area contributed by atoms with Crippen molar-refractivity contribution in [3.63, 3.8) is 0 Å². The summed E-state index contributed by atoms with van der Waals surface area (Å²) in [4.78, 5) is 28.0. The molecule has 1 fully saturated rings. The van der Waals surface area contributed by atoms with Gasteiger partial charge in [0.25, 0.3) is 0 Å². The zero-order valence-corrected chi connectivity index (χ0v) is 21.2. The highest BCUT2D eigenvalue weighted by Gasteiger charge is 2.20. The van der Waals surface area contributed by atoms with E-state index in [9.17, 15) is 13.5 Å². The molecule has 3 aromatic rings. The minimum atomic E-state index is -3.48. The van der Waals surface area contributed by atoms with Gasteiger partial charge >= 0.3 is 11.9 Å². The van der Waals surface area contributed by atoms with Crippen molar-refractivity contribution in [1.29, 1.82) is 0 Å². The summed E-state index contributed by atoms with van der Waals surface area (Å²) >= 11 is 0. The Morgan fingerprint density at radius 3 is 2.16 bits per heavy atom. The van der Waals surface area contributed by atoms with Crippen molar-refractivity contribution in [2.45, 2.75) is 11.8 Å². The van der Waals surface area contributed by atoms with Gasteiger partial charge in [0.1, 0.15) is 5.82 Å². The lowest BCUT2D eigenvalue weighted by molar-refractivity contribution is -0.159. The summed E-state index contributed by atoms with van der Waals surface area (Å²) < 4.78 is 27.0. The van der Waals surface area contributed by atoms with Gasteiger partial charge in [-0.1, -0.05) is 43.3 Å². The second-order valence-corrected chi connectivity index (χ2v) is 10.0. The summed E-state index contributed by atoms with van der Waals surface area (Å²) in [5, 5.41) is 26.2. The quantitative estimate of drug-likeness (QED) is 0.329. The molecule has 0 amide bonds. The predicted octanol–water partition coefficient (Wildman–Crippen LogP) is 1.47. The van der Waals surface area contributed by atoms with Crippen molar-refractivity contribution in [2.24, 2.45) is 0 Å². The maximum Gasteiger partial charge on any atom is 0.414 e. The first-order chi connectivity index (χ1) is 17.7. The topological polar surface area (TPSA) is 160 Å². The molecule has 37 heavy (non-hydrogen) atoms. The molecule has 0 saturated carbocycles. The minimum absolute atomic E-state index is 0.177. The second-order valence-electron chi connectivity index (χ2n) is 8.24. The normalized spacial score (nSPS) is 14.2. The molecule has 198 valence electrons. The number of carboxylic acids is 2. The Hall–Kier alpha value is -3.58. The monoisotopic (exact) mass is 530 g/mol. The summed E-state index contributed by atoms with van der Waals surface area (Å²) in [5.41, 5.74) is 1.69. The molecule has 12 heteroatoms. The van der Waals surface area contributed by atoms with Crippen LogP contribution in [0.5, 0.6) is 0 Å². The Bertz CT molecular complexity index is 1330. The number of nitrogens with one attached hydrogen (secondary N) is 1. The van der Waals surface area contributed by atoms with Crippen LogP contribution < -0.4 is 9.62 Å². The van der Waals surface area contributed by atoms with Crippen LogP contribution >= 0.6 is 0 Å². The lowest BCUT2D eigenvalue weighted by atomic mass is 10.1. The first-order valence-corrected chi connectivity index (χ1v) is 13.2. The Labute approximate surface area is 215 Å². The molecule has 1 aromatic heterocycles. The van der Waals surface area contributed by atoms with Crippen LogP contribution in [0, 0.1) is 0 Å². The van der Waals surface area contributed by atoms with Crippen LogP contribution in [0.4, 0.5) is 5.82 Å². The summed E-state index contributed by atoms with van der Waals surface area (Å²) in [6.45, 7) is 6.46. The molecule has 0 atom stereocenters. The van der Waals surface area contributed by atoms with Gasteiger partial charge in [-0.15, -0.1) is 0 Å². The number of carboxylic acid groups (broad SMARTS) is 2. The Morgan fingerprint density at radius 2 is 1.59 bits per heavy atom. The van der Waals surface area contributed by atoms with E-state index in [1.807, 2.05) is 24.3 Å². The first-order valence-electron chi connectivity index (χ1n) is 11.7. The molecule has 2 aromatic carbocycles. The van der Waals surface area contributed by atoms with Crippen LogP contribution in [0.2, 0.25) is 0 Å². The average Bonchev–Trinajstić information content (AvgIpc) is 2.89. The number of aliphatic carboxylic acids is 2. The predicted molar refractivity (Wildman–Crippen MR) is 139 cm³/mol. The van der Waals surface area contributed by atoms with Crippen LogP contribution in [-0.2, 0) is 19.6 Å². The molecule has 4 N–H and O–H groups in total. The number of aliphatic hydroxyl groups excluding tert-OH is 1. The van der Waals surface area contributed by atoms with E-state index >= 15 is 0 Å². The van der Waals surface area contributed by atoms with Gasteiger partial charge in [0.15, 0.2) is 0 Å². The molecule has 1 saturated heterocycles. The van der Waals surface area contributed by atoms with E-state index in [2.05, 4.69) is 32.7 Å². The van der Waals surface area contributed by atoms with Gasteiger partial charge in [-0.05, 0) is 23.6 Å². The molecular formula is C25H30N4O7S. The number of hydrogen-bond acceptors (Lipinski definition) is 8. The van der Waals surface area contributed by atoms with Crippen molar-refractivity contribution in [1.82, 2.24) is 14.6 Å². The number of carbonyl (C=O) groups is 2. The van der Waals surface area contributed by atoms with E-state index in [1.165, 1.54) is 0 Å². The van der Waals surface area contributed by atoms with E-state index in [4.69, 9.17) is 24.8 Å².